The summed E-state index contributed by atoms with van der Waals surface area (Å²) >= 11 is 7.49. The minimum atomic E-state index is -0.222. The highest BCUT2D eigenvalue weighted by Crippen LogP contribution is 2.54. The van der Waals surface area contributed by atoms with E-state index in [1.807, 2.05) is 23.5 Å². The van der Waals surface area contributed by atoms with Crippen LogP contribution in [0.2, 0.25) is 0 Å². The first kappa shape index (κ1) is 21.5. The minimum Gasteiger partial charge on any atom is -0.493 e. The highest BCUT2D eigenvalue weighted by molar-refractivity contribution is 9.10. The van der Waals surface area contributed by atoms with Crippen molar-refractivity contribution >= 4 is 56.4 Å². The number of halogens is 1. The van der Waals surface area contributed by atoms with Gasteiger partial charge in [0.05, 0.1) is 21.3 Å². The third-order valence-electron chi connectivity index (χ3n) is 5.15. The molecular weight excluding hydrogens is 482 g/mol. The van der Waals surface area contributed by atoms with Gasteiger partial charge in [-0.15, -0.1) is 23.5 Å². The number of fused-ring (bicyclic) bond motifs is 1. The predicted molar refractivity (Wildman–Crippen MR) is 132 cm³/mol. The van der Waals surface area contributed by atoms with Crippen molar-refractivity contribution in [2.45, 2.75) is 10.5 Å². The first-order valence-electron chi connectivity index (χ1n) is 9.64. The molecule has 2 heterocycles. The summed E-state index contributed by atoms with van der Waals surface area (Å²) in [6.07, 6.45) is 7.80. The van der Waals surface area contributed by atoms with Gasteiger partial charge in [-0.25, -0.2) is 0 Å². The molecule has 0 unspecified atom stereocenters. The number of ether oxygens (including phenoxy) is 3. The zero-order chi connectivity index (χ0) is 21.1. The van der Waals surface area contributed by atoms with E-state index in [-0.39, 0.29) is 4.08 Å². The number of aromatic nitrogens is 1. The highest BCUT2D eigenvalue weighted by atomic mass is 79.9. The lowest BCUT2D eigenvalue weighted by atomic mass is 10.1. The zero-order valence-corrected chi connectivity index (χ0v) is 20.4. The van der Waals surface area contributed by atoms with Gasteiger partial charge >= 0.3 is 0 Å². The smallest absolute Gasteiger partial charge is 0.203 e. The van der Waals surface area contributed by atoms with E-state index in [9.17, 15) is 0 Å². The van der Waals surface area contributed by atoms with Crippen molar-refractivity contribution in [2.24, 2.45) is 0 Å². The first-order valence-corrected chi connectivity index (χ1v) is 12.4. The molecule has 1 N–H and O–H groups in total. The van der Waals surface area contributed by atoms with E-state index < -0.39 is 0 Å². The number of H-pyrrole nitrogens is 1. The van der Waals surface area contributed by atoms with Gasteiger partial charge < -0.3 is 19.2 Å². The number of rotatable bonds is 6. The Morgan fingerprint density at radius 3 is 2.33 bits per heavy atom. The quantitative estimate of drug-likeness (QED) is 0.404. The van der Waals surface area contributed by atoms with E-state index >= 15 is 0 Å². The van der Waals surface area contributed by atoms with Crippen LogP contribution >= 0.6 is 39.5 Å². The average molecular weight is 506 g/mol. The molecule has 1 fully saturated rings. The van der Waals surface area contributed by atoms with Crippen LogP contribution in [0.4, 0.5) is 0 Å². The first-order chi connectivity index (χ1) is 14.6. The van der Waals surface area contributed by atoms with E-state index in [4.69, 9.17) is 14.2 Å². The van der Waals surface area contributed by atoms with Crippen molar-refractivity contribution in [1.29, 1.82) is 0 Å². The Kier molecular flexibility index (Phi) is 6.60. The summed E-state index contributed by atoms with van der Waals surface area (Å²) in [5.41, 5.74) is 3.44. The third kappa shape index (κ3) is 4.07. The van der Waals surface area contributed by atoms with Gasteiger partial charge in [-0.3, -0.25) is 0 Å². The molecule has 7 heteroatoms. The summed E-state index contributed by atoms with van der Waals surface area (Å²) in [7, 11) is 4.96. The highest BCUT2D eigenvalue weighted by Gasteiger charge is 2.35. The Bertz CT molecular complexity index is 1050. The fourth-order valence-corrected chi connectivity index (χ4v) is 7.10. The molecule has 1 saturated heterocycles. The second kappa shape index (κ2) is 9.20. The summed E-state index contributed by atoms with van der Waals surface area (Å²) in [5, 5.41) is 1.20. The monoisotopic (exact) mass is 505 g/mol. The number of methoxy groups -OCH3 is 3. The summed E-state index contributed by atoms with van der Waals surface area (Å²) in [4.78, 5) is 3.36. The number of nitrogens with one attached hydrogen (secondary N) is 1. The molecule has 1 aromatic heterocycles. The van der Waals surface area contributed by atoms with Gasteiger partial charge in [0.1, 0.15) is 4.08 Å². The summed E-state index contributed by atoms with van der Waals surface area (Å²) in [6.45, 7) is 0. The Labute approximate surface area is 193 Å². The third-order valence-corrected chi connectivity index (χ3v) is 8.93. The molecule has 1 aliphatic rings. The van der Waals surface area contributed by atoms with Crippen molar-refractivity contribution in [3.8, 4) is 17.2 Å². The Morgan fingerprint density at radius 1 is 1.00 bits per heavy atom. The maximum Gasteiger partial charge on any atom is 0.203 e. The van der Waals surface area contributed by atoms with Crippen molar-refractivity contribution in [1.82, 2.24) is 4.98 Å². The summed E-state index contributed by atoms with van der Waals surface area (Å²) in [6, 6.07) is 10.4. The van der Waals surface area contributed by atoms with Crippen LogP contribution in [0.3, 0.4) is 0 Å². The lowest BCUT2D eigenvalue weighted by Crippen LogP contribution is -2.20. The molecule has 4 rings (SSSR count). The van der Waals surface area contributed by atoms with Gasteiger partial charge in [-0.05, 0) is 59.4 Å². The topological polar surface area (TPSA) is 43.5 Å². The molecule has 0 aliphatic carbocycles. The summed E-state index contributed by atoms with van der Waals surface area (Å²) in [5.74, 6) is 4.20. The predicted octanol–water partition coefficient (Wildman–Crippen LogP) is 6.69. The zero-order valence-electron chi connectivity index (χ0n) is 17.2. The second-order valence-electron chi connectivity index (χ2n) is 6.90. The van der Waals surface area contributed by atoms with Crippen LogP contribution in [0.5, 0.6) is 17.2 Å². The largest absolute Gasteiger partial charge is 0.493 e. The van der Waals surface area contributed by atoms with Gasteiger partial charge in [0.15, 0.2) is 11.5 Å². The van der Waals surface area contributed by atoms with Crippen molar-refractivity contribution < 1.29 is 14.2 Å². The number of hydrogen-bond donors (Lipinski definition) is 1. The van der Waals surface area contributed by atoms with Crippen molar-refractivity contribution in [2.75, 3.05) is 32.8 Å². The molecule has 2 aromatic carbocycles. The molecule has 4 nitrogen and oxygen atoms in total. The molecule has 158 valence electrons. The average Bonchev–Trinajstić information content (AvgIpc) is 3.19. The van der Waals surface area contributed by atoms with Gasteiger partial charge in [0.25, 0.3) is 0 Å². The van der Waals surface area contributed by atoms with Crippen LogP contribution in [0, 0.1) is 0 Å². The Morgan fingerprint density at radius 2 is 1.70 bits per heavy atom. The van der Waals surface area contributed by atoms with Crippen LogP contribution in [0.15, 0.2) is 47.1 Å². The van der Waals surface area contributed by atoms with Crippen LogP contribution in [0.25, 0.3) is 17.0 Å². The van der Waals surface area contributed by atoms with E-state index in [1.165, 1.54) is 17.4 Å². The molecule has 0 spiro atoms. The van der Waals surface area contributed by atoms with Crippen LogP contribution in [0.1, 0.15) is 17.5 Å². The summed E-state index contributed by atoms with van der Waals surface area (Å²) < 4.78 is 17.6. The van der Waals surface area contributed by atoms with Gasteiger partial charge in [0.2, 0.25) is 5.75 Å². The maximum absolute atomic E-state index is 5.62. The lowest BCUT2D eigenvalue weighted by Gasteiger charge is -2.34. The Balaban J connectivity index is 1.80. The number of hydrogen-bond acceptors (Lipinski definition) is 5. The molecule has 30 heavy (non-hydrogen) atoms. The van der Waals surface area contributed by atoms with Gasteiger partial charge in [0, 0.05) is 21.6 Å². The Hall–Kier alpha value is -1.70. The number of benzene rings is 2. The molecule has 0 amide bonds. The van der Waals surface area contributed by atoms with E-state index in [0.29, 0.717) is 17.2 Å². The minimum absolute atomic E-state index is 0.222. The number of aromatic amines is 1. The van der Waals surface area contributed by atoms with Crippen molar-refractivity contribution in [3.63, 3.8) is 0 Å². The number of thioether (sulfide) groups is 2. The molecule has 0 atom stereocenters. The molecule has 1 aliphatic heterocycles. The van der Waals surface area contributed by atoms with Gasteiger partial charge in [-0.1, -0.05) is 28.1 Å². The maximum atomic E-state index is 5.62. The van der Waals surface area contributed by atoms with E-state index in [0.717, 1.165) is 27.1 Å². The van der Waals surface area contributed by atoms with E-state index in [1.54, 1.807) is 21.3 Å². The molecule has 3 aromatic rings. The fourth-order valence-electron chi connectivity index (χ4n) is 3.64. The molecule has 0 radical (unpaired) electrons. The molecule has 0 bridgehead atoms. The van der Waals surface area contributed by atoms with E-state index in [2.05, 4.69) is 69.6 Å². The van der Waals surface area contributed by atoms with Crippen LogP contribution in [-0.4, -0.2) is 37.8 Å². The fraction of sp³-hybridized carbons (Fsp3) is 0.304. The van der Waals surface area contributed by atoms with Crippen LogP contribution < -0.4 is 14.2 Å². The van der Waals surface area contributed by atoms with Gasteiger partial charge in [-0.2, -0.15) is 0 Å². The molecular formula is C23H24BrNO3S2. The standard InChI is InChI=1S/C23H24BrNO3S2/c1-26-20-11-16(12-21(27-2)22(20)28-3)23(29-9-4-10-30-23)8-7-15-14-25-19-6-5-17(24)13-18(15)19/h5-8,11-14,25H,4,9-10H2,1-3H3/b8-7+. The SMILES string of the molecule is COc1cc(C2(/C=C/c3c[nH]c4ccc(Br)cc34)SCCCS2)cc(OC)c1OC. The van der Waals surface area contributed by atoms with Crippen LogP contribution in [-0.2, 0) is 4.08 Å². The van der Waals surface area contributed by atoms with Crippen molar-refractivity contribution in [3.05, 3.63) is 58.2 Å². The lowest BCUT2D eigenvalue weighted by molar-refractivity contribution is 0.324. The normalized spacial score (nSPS) is 16.1. The second-order valence-corrected chi connectivity index (χ2v) is 10.8. The molecule has 0 saturated carbocycles.